The number of nitrogens with zero attached hydrogens (tertiary/aromatic N) is 1. The lowest BCUT2D eigenvalue weighted by molar-refractivity contribution is 0.302. The van der Waals surface area contributed by atoms with E-state index in [4.69, 9.17) is 27.9 Å². The monoisotopic (exact) mass is 491 g/mol. The first kappa shape index (κ1) is 19.8. The molecular weight excluding hydrogens is 477 g/mol. The fraction of sp³-hybridized carbons (Fsp3) is 0.278. The molecule has 24 heavy (non-hydrogen) atoms. The molecule has 0 aromatic heterocycles. The standard InChI is InChI=1S/C18H17Br2Cl2NO/c1-3-11(2)23-9-13-6-14(19)18(15(20)7-13)24-10-12-4-5-16(21)17(22)8-12/h4-9,11H,3,10H2,1-2H3/b23-9+. The van der Waals surface area contributed by atoms with Crippen molar-refractivity contribution in [1.29, 1.82) is 0 Å². The average molecular weight is 494 g/mol. The summed E-state index contributed by atoms with van der Waals surface area (Å²) in [6, 6.07) is 9.75. The van der Waals surface area contributed by atoms with Crippen LogP contribution in [0.2, 0.25) is 10.0 Å². The van der Waals surface area contributed by atoms with E-state index in [0.29, 0.717) is 22.7 Å². The molecule has 0 saturated heterocycles. The van der Waals surface area contributed by atoms with Crippen molar-refractivity contribution in [3.63, 3.8) is 0 Å². The van der Waals surface area contributed by atoms with Crippen molar-refractivity contribution in [2.45, 2.75) is 32.9 Å². The van der Waals surface area contributed by atoms with Crippen molar-refractivity contribution < 1.29 is 4.74 Å². The molecule has 0 aliphatic carbocycles. The number of halogens is 4. The van der Waals surface area contributed by atoms with Crippen LogP contribution in [0.25, 0.3) is 0 Å². The molecule has 1 atom stereocenters. The van der Waals surface area contributed by atoms with Gasteiger partial charge in [-0.2, -0.15) is 0 Å². The Labute approximate surface area is 169 Å². The van der Waals surface area contributed by atoms with E-state index in [-0.39, 0.29) is 0 Å². The van der Waals surface area contributed by atoms with Gasteiger partial charge in [-0.05, 0) is 80.6 Å². The summed E-state index contributed by atoms with van der Waals surface area (Å²) in [5, 5.41) is 1.06. The van der Waals surface area contributed by atoms with E-state index in [1.165, 1.54) is 0 Å². The number of ether oxygens (including phenoxy) is 1. The summed E-state index contributed by atoms with van der Waals surface area (Å²) in [6.07, 6.45) is 2.90. The van der Waals surface area contributed by atoms with Gasteiger partial charge in [-0.3, -0.25) is 4.99 Å². The second-order valence-electron chi connectivity index (χ2n) is 5.39. The Bertz CT molecular complexity index is 727. The lowest BCUT2D eigenvalue weighted by Gasteiger charge is -2.12. The minimum atomic E-state index is 0.313. The van der Waals surface area contributed by atoms with Crippen LogP contribution in [0.1, 0.15) is 31.4 Å². The number of hydrogen-bond acceptors (Lipinski definition) is 2. The average Bonchev–Trinajstić information content (AvgIpc) is 2.55. The number of aliphatic imine (C=N–C) groups is 1. The molecule has 1 unspecified atom stereocenters. The Morgan fingerprint density at radius 1 is 1.12 bits per heavy atom. The summed E-state index contributed by atoms with van der Waals surface area (Å²) in [5.74, 6) is 0.738. The third-order valence-corrected chi connectivity index (χ3v) is 5.37. The van der Waals surface area contributed by atoms with Crippen LogP contribution in [-0.4, -0.2) is 12.3 Å². The van der Waals surface area contributed by atoms with Crippen LogP contribution in [0.4, 0.5) is 0 Å². The number of hydrogen-bond donors (Lipinski definition) is 0. The van der Waals surface area contributed by atoms with Crippen molar-refractivity contribution in [3.05, 3.63) is 60.4 Å². The van der Waals surface area contributed by atoms with Gasteiger partial charge in [0.2, 0.25) is 0 Å². The number of rotatable bonds is 6. The molecule has 0 radical (unpaired) electrons. The van der Waals surface area contributed by atoms with E-state index >= 15 is 0 Å². The second-order valence-corrected chi connectivity index (χ2v) is 7.91. The molecule has 0 aliphatic rings. The fourth-order valence-electron chi connectivity index (χ4n) is 1.90. The summed E-state index contributed by atoms with van der Waals surface area (Å²) < 4.78 is 7.64. The van der Waals surface area contributed by atoms with Crippen LogP contribution >= 0.6 is 55.1 Å². The van der Waals surface area contributed by atoms with Crippen LogP contribution in [0.5, 0.6) is 5.75 Å². The minimum Gasteiger partial charge on any atom is -0.487 e. The van der Waals surface area contributed by atoms with E-state index in [0.717, 1.165) is 32.2 Å². The zero-order valence-electron chi connectivity index (χ0n) is 13.3. The predicted octanol–water partition coefficient (Wildman–Crippen LogP) is 7.31. The van der Waals surface area contributed by atoms with Crippen LogP contribution < -0.4 is 4.74 Å². The Morgan fingerprint density at radius 2 is 1.79 bits per heavy atom. The topological polar surface area (TPSA) is 21.6 Å². The van der Waals surface area contributed by atoms with Crippen LogP contribution in [0.3, 0.4) is 0 Å². The van der Waals surface area contributed by atoms with Gasteiger partial charge in [0.15, 0.2) is 0 Å². The van der Waals surface area contributed by atoms with Crippen molar-refractivity contribution in [3.8, 4) is 5.75 Å². The molecule has 6 heteroatoms. The van der Waals surface area contributed by atoms with Gasteiger partial charge < -0.3 is 4.74 Å². The van der Waals surface area contributed by atoms with Crippen LogP contribution in [0, 0.1) is 0 Å². The summed E-state index contributed by atoms with van der Waals surface area (Å²) in [4.78, 5) is 4.50. The Balaban J connectivity index is 2.13. The first-order valence-electron chi connectivity index (χ1n) is 7.49. The second kappa shape index (κ2) is 9.23. The van der Waals surface area contributed by atoms with Crippen LogP contribution in [-0.2, 0) is 6.61 Å². The molecule has 2 nitrogen and oxygen atoms in total. The predicted molar refractivity (Wildman–Crippen MR) is 110 cm³/mol. The molecule has 0 aliphatic heterocycles. The molecule has 0 amide bonds. The maximum Gasteiger partial charge on any atom is 0.148 e. The van der Waals surface area contributed by atoms with Gasteiger partial charge in [-0.1, -0.05) is 36.2 Å². The highest BCUT2D eigenvalue weighted by Crippen LogP contribution is 2.35. The normalized spacial score (nSPS) is 12.6. The maximum atomic E-state index is 6.03. The highest BCUT2D eigenvalue weighted by molar-refractivity contribution is 9.11. The summed E-state index contributed by atoms with van der Waals surface area (Å²) in [5.41, 5.74) is 1.96. The Morgan fingerprint density at radius 3 is 2.38 bits per heavy atom. The van der Waals surface area contributed by atoms with E-state index in [1.54, 1.807) is 12.1 Å². The zero-order valence-corrected chi connectivity index (χ0v) is 18.0. The summed E-state index contributed by atoms with van der Waals surface area (Å²) in [6.45, 7) is 4.61. The molecule has 0 saturated carbocycles. The van der Waals surface area contributed by atoms with Gasteiger partial charge in [-0.25, -0.2) is 0 Å². The highest BCUT2D eigenvalue weighted by Gasteiger charge is 2.10. The molecule has 2 aromatic carbocycles. The van der Waals surface area contributed by atoms with Gasteiger partial charge in [0.05, 0.1) is 19.0 Å². The molecule has 0 heterocycles. The smallest absolute Gasteiger partial charge is 0.148 e. The SMILES string of the molecule is CCC(C)/N=C/c1cc(Br)c(OCc2ccc(Cl)c(Cl)c2)c(Br)c1. The summed E-state index contributed by atoms with van der Waals surface area (Å²) in [7, 11) is 0. The largest absolute Gasteiger partial charge is 0.487 e. The van der Waals surface area contributed by atoms with Gasteiger partial charge >= 0.3 is 0 Å². The first-order valence-corrected chi connectivity index (χ1v) is 9.83. The minimum absolute atomic E-state index is 0.313. The van der Waals surface area contributed by atoms with Crippen molar-refractivity contribution >= 4 is 61.3 Å². The molecule has 0 spiro atoms. The molecule has 0 fully saturated rings. The van der Waals surface area contributed by atoms with Crippen LogP contribution in [0.15, 0.2) is 44.3 Å². The van der Waals surface area contributed by atoms with Gasteiger partial charge in [0.25, 0.3) is 0 Å². The molecule has 128 valence electrons. The lowest BCUT2D eigenvalue weighted by Crippen LogP contribution is -1.99. The van der Waals surface area contributed by atoms with E-state index in [2.05, 4.69) is 50.7 Å². The van der Waals surface area contributed by atoms with E-state index in [1.807, 2.05) is 24.4 Å². The van der Waals surface area contributed by atoms with Gasteiger partial charge in [0, 0.05) is 12.3 Å². The van der Waals surface area contributed by atoms with E-state index < -0.39 is 0 Å². The molecule has 0 N–H and O–H groups in total. The molecular formula is C18H17Br2Cl2NO. The quantitative estimate of drug-likeness (QED) is 0.386. The zero-order chi connectivity index (χ0) is 17.7. The lowest BCUT2D eigenvalue weighted by atomic mass is 10.2. The third kappa shape index (κ3) is 5.48. The highest BCUT2D eigenvalue weighted by atomic mass is 79.9. The van der Waals surface area contributed by atoms with E-state index in [9.17, 15) is 0 Å². The van der Waals surface area contributed by atoms with Crippen molar-refractivity contribution in [1.82, 2.24) is 0 Å². The van der Waals surface area contributed by atoms with Gasteiger partial charge in [0.1, 0.15) is 12.4 Å². The number of benzene rings is 2. The molecule has 2 aromatic rings. The van der Waals surface area contributed by atoms with Gasteiger partial charge in [-0.15, -0.1) is 0 Å². The third-order valence-electron chi connectivity index (χ3n) is 3.46. The first-order chi connectivity index (χ1) is 11.4. The van der Waals surface area contributed by atoms with Crippen molar-refractivity contribution in [2.24, 2.45) is 4.99 Å². The Kier molecular flexibility index (Phi) is 7.60. The molecule has 2 rings (SSSR count). The van der Waals surface area contributed by atoms with Crippen molar-refractivity contribution in [2.75, 3.05) is 0 Å². The maximum absolute atomic E-state index is 6.03. The Hall–Kier alpha value is -0.550. The summed E-state index contributed by atoms with van der Waals surface area (Å²) >= 11 is 19.1. The molecule has 0 bridgehead atoms. The fourth-order valence-corrected chi connectivity index (χ4v) is 3.67.